The van der Waals surface area contributed by atoms with Gasteiger partial charge in [0.15, 0.2) is 0 Å². The van der Waals surface area contributed by atoms with Crippen LogP contribution in [0.2, 0.25) is 0 Å². The fraction of sp³-hybridized carbons (Fsp3) is 0.438. The van der Waals surface area contributed by atoms with Gasteiger partial charge in [-0.1, -0.05) is 6.07 Å². The second-order valence-corrected chi connectivity index (χ2v) is 5.45. The van der Waals surface area contributed by atoms with Gasteiger partial charge in [0.25, 0.3) is 0 Å². The van der Waals surface area contributed by atoms with Crippen molar-refractivity contribution in [1.82, 2.24) is 19.4 Å². The molecule has 0 saturated carbocycles. The largest absolute Gasteiger partial charge is 0.375 e. The molecule has 7 heteroatoms. The number of amides is 1. The molecular weight excluding hydrogens is 294 g/mol. The van der Waals surface area contributed by atoms with Crippen molar-refractivity contribution in [2.75, 3.05) is 32.1 Å². The molecule has 0 spiro atoms. The molecule has 7 nitrogen and oxygen atoms in total. The van der Waals surface area contributed by atoms with Gasteiger partial charge >= 0.3 is 0 Å². The molecule has 0 fully saturated rings. The Balaban J connectivity index is 1.64. The first-order valence-electron chi connectivity index (χ1n) is 7.73. The van der Waals surface area contributed by atoms with Gasteiger partial charge in [-0.3, -0.25) is 4.79 Å². The monoisotopic (exact) mass is 315 g/mol. The maximum absolute atomic E-state index is 12.0. The summed E-state index contributed by atoms with van der Waals surface area (Å²) in [7, 11) is 1.54. The number of pyridine rings is 1. The summed E-state index contributed by atoms with van der Waals surface area (Å²) in [6.07, 6.45) is 4.43. The van der Waals surface area contributed by atoms with Gasteiger partial charge in [0.1, 0.15) is 18.2 Å². The third-order valence-electron chi connectivity index (χ3n) is 3.96. The van der Waals surface area contributed by atoms with E-state index in [0.29, 0.717) is 19.6 Å². The molecule has 0 atom stereocenters. The maximum atomic E-state index is 12.0. The number of hydrogen-bond donors (Lipinski definition) is 1. The first kappa shape index (κ1) is 15.5. The summed E-state index contributed by atoms with van der Waals surface area (Å²) >= 11 is 0. The zero-order chi connectivity index (χ0) is 16.1. The Hall–Kier alpha value is -2.41. The number of methoxy groups -OCH3 is 1. The highest BCUT2D eigenvalue weighted by Gasteiger charge is 2.20. The normalized spacial score (nSPS) is 14.2. The lowest BCUT2D eigenvalue weighted by atomic mass is 10.3. The van der Waals surface area contributed by atoms with Crippen LogP contribution in [0.15, 0.2) is 30.6 Å². The summed E-state index contributed by atoms with van der Waals surface area (Å²) < 4.78 is 7.13. The minimum Gasteiger partial charge on any atom is -0.375 e. The van der Waals surface area contributed by atoms with Crippen LogP contribution < -0.4 is 5.32 Å². The number of anilines is 1. The first-order chi connectivity index (χ1) is 11.3. The molecule has 23 heavy (non-hydrogen) atoms. The number of aromatic nitrogens is 3. The van der Waals surface area contributed by atoms with Crippen LogP contribution in [0.5, 0.6) is 0 Å². The number of ether oxygens (including phenoxy) is 1. The number of nitrogens with one attached hydrogen (secondary N) is 1. The predicted molar refractivity (Wildman–Crippen MR) is 86.0 cm³/mol. The average molecular weight is 315 g/mol. The third kappa shape index (κ3) is 3.68. The van der Waals surface area contributed by atoms with Crippen molar-refractivity contribution in [2.45, 2.75) is 19.5 Å². The molecule has 1 aliphatic rings. The van der Waals surface area contributed by atoms with Gasteiger partial charge in [-0.15, -0.1) is 0 Å². The van der Waals surface area contributed by atoms with Crippen LogP contribution in [-0.4, -0.2) is 52.1 Å². The van der Waals surface area contributed by atoms with Gasteiger partial charge in [0.2, 0.25) is 5.91 Å². The number of hydrogen-bond acceptors (Lipinski definition) is 5. The van der Waals surface area contributed by atoms with E-state index in [0.717, 1.165) is 30.3 Å². The summed E-state index contributed by atoms with van der Waals surface area (Å²) in [4.78, 5) is 22.6. The highest BCUT2D eigenvalue weighted by molar-refractivity contribution is 5.77. The molecule has 3 rings (SSSR count). The fourth-order valence-electron chi connectivity index (χ4n) is 2.75. The second-order valence-electron chi connectivity index (χ2n) is 5.45. The smallest absolute Gasteiger partial charge is 0.248 e. The van der Waals surface area contributed by atoms with E-state index in [-0.39, 0.29) is 12.5 Å². The van der Waals surface area contributed by atoms with Crippen molar-refractivity contribution in [3.63, 3.8) is 0 Å². The SMILES string of the molecule is COCC(=O)N1CCc2ncc(CNc3ccccn3)n2CC1. The van der Waals surface area contributed by atoms with Crippen molar-refractivity contribution in [1.29, 1.82) is 0 Å². The molecule has 3 heterocycles. The van der Waals surface area contributed by atoms with E-state index in [1.54, 1.807) is 13.3 Å². The summed E-state index contributed by atoms with van der Waals surface area (Å²) in [6, 6.07) is 5.78. The van der Waals surface area contributed by atoms with Crippen LogP contribution in [0, 0.1) is 0 Å². The van der Waals surface area contributed by atoms with Crippen molar-refractivity contribution in [2.24, 2.45) is 0 Å². The Labute approximate surface area is 135 Å². The van der Waals surface area contributed by atoms with E-state index in [1.807, 2.05) is 29.3 Å². The van der Waals surface area contributed by atoms with Crippen LogP contribution in [0.25, 0.3) is 0 Å². The zero-order valence-electron chi connectivity index (χ0n) is 13.2. The van der Waals surface area contributed by atoms with Crippen LogP contribution in [0.3, 0.4) is 0 Å². The molecule has 2 aromatic rings. The van der Waals surface area contributed by atoms with Crippen molar-refractivity contribution < 1.29 is 9.53 Å². The van der Waals surface area contributed by atoms with Crippen molar-refractivity contribution >= 4 is 11.7 Å². The van der Waals surface area contributed by atoms with Crippen LogP contribution >= 0.6 is 0 Å². The van der Waals surface area contributed by atoms with E-state index >= 15 is 0 Å². The van der Waals surface area contributed by atoms with Crippen LogP contribution in [0.4, 0.5) is 5.82 Å². The number of carbonyl (C=O) groups is 1. The highest BCUT2D eigenvalue weighted by Crippen LogP contribution is 2.13. The summed E-state index contributed by atoms with van der Waals surface area (Å²) in [6.45, 7) is 2.92. The number of rotatable bonds is 5. The molecule has 1 N–H and O–H groups in total. The quantitative estimate of drug-likeness (QED) is 0.888. The van der Waals surface area contributed by atoms with Gasteiger partial charge in [-0.2, -0.15) is 0 Å². The topological polar surface area (TPSA) is 72.3 Å². The van der Waals surface area contributed by atoms with E-state index in [1.165, 1.54) is 0 Å². The highest BCUT2D eigenvalue weighted by atomic mass is 16.5. The van der Waals surface area contributed by atoms with Gasteiger partial charge in [0, 0.05) is 39.4 Å². The molecule has 0 unspecified atom stereocenters. The molecule has 0 saturated heterocycles. The van der Waals surface area contributed by atoms with E-state index in [9.17, 15) is 4.79 Å². The van der Waals surface area contributed by atoms with Crippen molar-refractivity contribution in [3.8, 4) is 0 Å². The standard InChI is InChI=1S/C16H21N5O2/c1-23-12-16(22)20-7-5-15-19-11-13(21(15)9-8-20)10-18-14-4-2-3-6-17-14/h2-4,6,11H,5,7-10,12H2,1H3,(H,17,18). The minimum absolute atomic E-state index is 0.0337. The maximum Gasteiger partial charge on any atom is 0.248 e. The Bertz CT molecular complexity index is 656. The Morgan fingerprint density at radius 1 is 1.30 bits per heavy atom. The van der Waals surface area contributed by atoms with E-state index in [2.05, 4.69) is 19.9 Å². The lowest BCUT2D eigenvalue weighted by molar-refractivity contribution is -0.135. The Kier molecular flexibility index (Phi) is 4.87. The molecule has 0 radical (unpaired) electrons. The summed E-state index contributed by atoms with van der Waals surface area (Å²) in [5.74, 6) is 1.90. The number of carbonyl (C=O) groups excluding carboxylic acids is 1. The predicted octanol–water partition coefficient (Wildman–Crippen LogP) is 0.921. The van der Waals surface area contributed by atoms with E-state index in [4.69, 9.17) is 4.74 Å². The van der Waals surface area contributed by atoms with Crippen LogP contribution in [-0.2, 0) is 29.0 Å². The first-order valence-corrected chi connectivity index (χ1v) is 7.73. The summed E-state index contributed by atoms with van der Waals surface area (Å²) in [5, 5.41) is 3.30. The van der Waals surface area contributed by atoms with Gasteiger partial charge in [0.05, 0.1) is 18.4 Å². The molecule has 2 aromatic heterocycles. The molecule has 0 aliphatic carbocycles. The second kappa shape index (κ2) is 7.23. The third-order valence-corrected chi connectivity index (χ3v) is 3.96. The minimum atomic E-state index is 0.0337. The molecule has 0 bridgehead atoms. The Morgan fingerprint density at radius 2 is 2.22 bits per heavy atom. The van der Waals surface area contributed by atoms with Crippen molar-refractivity contribution in [3.05, 3.63) is 42.1 Å². The fourth-order valence-corrected chi connectivity index (χ4v) is 2.75. The molecule has 1 aliphatic heterocycles. The van der Waals surface area contributed by atoms with E-state index < -0.39 is 0 Å². The summed E-state index contributed by atoms with van der Waals surface area (Å²) in [5.41, 5.74) is 1.10. The number of imidazole rings is 1. The lowest BCUT2D eigenvalue weighted by Gasteiger charge is -2.19. The average Bonchev–Trinajstić information content (AvgIpc) is 2.83. The molecule has 122 valence electrons. The lowest BCUT2D eigenvalue weighted by Crippen LogP contribution is -2.36. The van der Waals surface area contributed by atoms with Gasteiger partial charge in [-0.05, 0) is 12.1 Å². The zero-order valence-corrected chi connectivity index (χ0v) is 13.2. The molecular formula is C16H21N5O2. The van der Waals surface area contributed by atoms with Gasteiger partial charge < -0.3 is 19.5 Å². The molecule has 0 aromatic carbocycles. The number of nitrogens with zero attached hydrogens (tertiary/aromatic N) is 4. The van der Waals surface area contributed by atoms with Gasteiger partial charge in [-0.25, -0.2) is 9.97 Å². The molecule has 1 amide bonds. The van der Waals surface area contributed by atoms with Crippen LogP contribution in [0.1, 0.15) is 11.5 Å². The Morgan fingerprint density at radius 3 is 3.00 bits per heavy atom. The number of fused-ring (bicyclic) bond motifs is 1.